The van der Waals surface area contributed by atoms with Crippen LogP contribution < -0.4 is 4.74 Å². The van der Waals surface area contributed by atoms with E-state index >= 15 is 0 Å². The zero-order valence-corrected chi connectivity index (χ0v) is 19.8. The van der Waals surface area contributed by atoms with Crippen LogP contribution in [0.2, 0.25) is 0 Å². The molecular formula is C25H32O6. The minimum atomic E-state index is -1.24. The van der Waals surface area contributed by atoms with E-state index in [0.29, 0.717) is 11.1 Å². The van der Waals surface area contributed by atoms with Gasteiger partial charge in [0.15, 0.2) is 17.3 Å². The molecule has 168 valence electrons. The SMILES string of the molecule is Cc1c(O)c(C(=O)C(C)C)c2c(c1O)[C@H](C(C)C)C1=C(O2)C(C)(C)C(=O)C(C)(C)C1=O. The van der Waals surface area contributed by atoms with Gasteiger partial charge in [-0.3, -0.25) is 14.4 Å². The summed E-state index contributed by atoms with van der Waals surface area (Å²) in [6.07, 6.45) is 0. The first-order valence-corrected chi connectivity index (χ1v) is 10.7. The Morgan fingerprint density at radius 2 is 1.52 bits per heavy atom. The molecule has 1 heterocycles. The average molecular weight is 429 g/mol. The van der Waals surface area contributed by atoms with Crippen LogP contribution in [0.5, 0.6) is 17.2 Å². The summed E-state index contributed by atoms with van der Waals surface area (Å²) in [7, 11) is 0. The zero-order chi connectivity index (χ0) is 23.8. The molecule has 0 unspecified atom stereocenters. The van der Waals surface area contributed by atoms with Crippen molar-refractivity contribution in [3.8, 4) is 17.2 Å². The maximum atomic E-state index is 13.5. The molecule has 1 aliphatic carbocycles. The number of carbonyl (C=O) groups excluding carboxylic acids is 3. The molecule has 2 N–H and O–H groups in total. The number of Topliss-reactive ketones (excluding diaryl/α,β-unsaturated/α-hetero) is 3. The Bertz CT molecular complexity index is 1050. The third-order valence-electron chi connectivity index (χ3n) is 6.70. The summed E-state index contributed by atoms with van der Waals surface area (Å²) in [6.45, 7) is 15.4. The summed E-state index contributed by atoms with van der Waals surface area (Å²) in [5.41, 5.74) is -1.53. The lowest BCUT2D eigenvalue weighted by atomic mass is 9.59. The van der Waals surface area contributed by atoms with Crippen LogP contribution in [0.3, 0.4) is 0 Å². The van der Waals surface area contributed by atoms with Gasteiger partial charge in [-0.05, 0) is 40.5 Å². The van der Waals surface area contributed by atoms with E-state index in [0.717, 1.165) is 0 Å². The van der Waals surface area contributed by atoms with Gasteiger partial charge in [0.05, 0.1) is 10.8 Å². The highest BCUT2D eigenvalue weighted by molar-refractivity contribution is 6.20. The van der Waals surface area contributed by atoms with E-state index in [-0.39, 0.29) is 57.4 Å². The first-order chi connectivity index (χ1) is 14.1. The molecule has 1 aromatic rings. The molecule has 1 atom stereocenters. The molecule has 6 nitrogen and oxygen atoms in total. The van der Waals surface area contributed by atoms with Crippen molar-refractivity contribution in [2.75, 3.05) is 0 Å². The third-order valence-corrected chi connectivity index (χ3v) is 6.70. The Balaban J connectivity index is 2.48. The van der Waals surface area contributed by atoms with E-state index in [2.05, 4.69) is 0 Å². The summed E-state index contributed by atoms with van der Waals surface area (Å²) in [6, 6.07) is 0. The molecule has 0 bridgehead atoms. The zero-order valence-electron chi connectivity index (χ0n) is 19.8. The van der Waals surface area contributed by atoms with Gasteiger partial charge in [0, 0.05) is 28.5 Å². The third kappa shape index (κ3) is 2.94. The highest BCUT2D eigenvalue weighted by Crippen LogP contribution is 2.59. The van der Waals surface area contributed by atoms with Crippen LogP contribution in [0, 0.1) is 29.6 Å². The van der Waals surface area contributed by atoms with Gasteiger partial charge in [-0.15, -0.1) is 0 Å². The summed E-state index contributed by atoms with van der Waals surface area (Å²) in [5, 5.41) is 21.8. The lowest BCUT2D eigenvalue weighted by Gasteiger charge is -2.46. The van der Waals surface area contributed by atoms with E-state index in [1.165, 1.54) is 6.92 Å². The van der Waals surface area contributed by atoms with Crippen LogP contribution >= 0.6 is 0 Å². The molecule has 0 aromatic heterocycles. The van der Waals surface area contributed by atoms with Crippen molar-refractivity contribution in [2.24, 2.45) is 22.7 Å². The Morgan fingerprint density at radius 3 is 2.00 bits per heavy atom. The number of hydrogen-bond acceptors (Lipinski definition) is 6. The smallest absolute Gasteiger partial charge is 0.175 e. The average Bonchev–Trinajstić information content (AvgIpc) is 2.68. The molecule has 3 rings (SSSR count). The molecular weight excluding hydrogens is 396 g/mol. The number of ether oxygens (including phenoxy) is 1. The second-order valence-electron chi connectivity index (χ2n) is 10.4. The molecule has 0 saturated heterocycles. The van der Waals surface area contributed by atoms with Gasteiger partial charge in [0.2, 0.25) is 0 Å². The lowest BCUT2D eigenvalue weighted by Crippen LogP contribution is -2.52. The summed E-state index contributed by atoms with van der Waals surface area (Å²) in [5.74, 6) is -2.40. The molecule has 6 heteroatoms. The van der Waals surface area contributed by atoms with Crippen LogP contribution in [0.15, 0.2) is 11.3 Å². The fraction of sp³-hybridized carbons (Fsp3) is 0.560. The standard InChI is InChI=1S/C25H32O6/c1-10(2)13-14-18(27)12(5)19(28)16(17(26)11(3)4)20(14)31-22-15(13)21(29)24(6,7)23(30)25(22,8)9/h10-11,13,27-28H,1-9H3/t13-/m0/s1. The molecule has 1 aliphatic heterocycles. The van der Waals surface area contributed by atoms with Crippen LogP contribution in [0.25, 0.3) is 0 Å². The van der Waals surface area contributed by atoms with Gasteiger partial charge in [0.1, 0.15) is 28.6 Å². The summed E-state index contributed by atoms with van der Waals surface area (Å²) in [4.78, 5) is 39.8. The normalized spacial score (nSPS) is 21.8. The Hall–Kier alpha value is -2.63. The highest BCUT2D eigenvalue weighted by Gasteiger charge is 2.58. The Morgan fingerprint density at radius 1 is 0.968 bits per heavy atom. The number of aromatic hydroxyl groups is 2. The van der Waals surface area contributed by atoms with Gasteiger partial charge >= 0.3 is 0 Å². The van der Waals surface area contributed by atoms with Gasteiger partial charge in [-0.1, -0.05) is 27.7 Å². The van der Waals surface area contributed by atoms with E-state index in [1.54, 1.807) is 41.5 Å². The number of hydrogen-bond donors (Lipinski definition) is 2. The Kier molecular flexibility index (Phi) is 5.16. The number of fused-ring (bicyclic) bond motifs is 1. The van der Waals surface area contributed by atoms with Crippen molar-refractivity contribution in [1.29, 1.82) is 0 Å². The molecule has 31 heavy (non-hydrogen) atoms. The Labute approximate surface area is 183 Å². The minimum absolute atomic E-state index is 0.0157. The molecule has 0 radical (unpaired) electrons. The second kappa shape index (κ2) is 6.94. The predicted octanol–water partition coefficient (Wildman–Crippen LogP) is 4.84. The lowest BCUT2D eigenvalue weighted by molar-refractivity contribution is -0.144. The summed E-state index contributed by atoms with van der Waals surface area (Å²) < 4.78 is 6.18. The van der Waals surface area contributed by atoms with Crippen LogP contribution in [0.4, 0.5) is 0 Å². The molecule has 0 saturated carbocycles. The number of ketones is 3. The van der Waals surface area contributed by atoms with Gasteiger partial charge < -0.3 is 14.9 Å². The molecule has 1 aromatic carbocycles. The fourth-order valence-electron chi connectivity index (χ4n) is 4.91. The number of carbonyl (C=O) groups is 3. The maximum Gasteiger partial charge on any atom is 0.175 e. The second-order valence-corrected chi connectivity index (χ2v) is 10.4. The van der Waals surface area contributed by atoms with Crippen molar-refractivity contribution in [3.05, 3.63) is 28.0 Å². The van der Waals surface area contributed by atoms with Crippen molar-refractivity contribution in [3.63, 3.8) is 0 Å². The van der Waals surface area contributed by atoms with E-state index in [9.17, 15) is 24.6 Å². The van der Waals surface area contributed by atoms with Crippen LogP contribution in [-0.2, 0) is 9.59 Å². The largest absolute Gasteiger partial charge is 0.507 e. The highest BCUT2D eigenvalue weighted by atomic mass is 16.5. The number of allylic oxidation sites excluding steroid dienone is 2. The first kappa shape index (κ1) is 23.0. The number of rotatable bonds is 3. The van der Waals surface area contributed by atoms with Gasteiger partial charge in [-0.2, -0.15) is 0 Å². The predicted molar refractivity (Wildman–Crippen MR) is 116 cm³/mol. The first-order valence-electron chi connectivity index (χ1n) is 10.7. The molecule has 2 aliphatic rings. The van der Waals surface area contributed by atoms with Crippen LogP contribution in [-0.4, -0.2) is 27.6 Å². The van der Waals surface area contributed by atoms with Crippen LogP contribution in [0.1, 0.15) is 82.8 Å². The quantitative estimate of drug-likeness (QED) is 0.528. The van der Waals surface area contributed by atoms with E-state index < -0.39 is 22.7 Å². The monoisotopic (exact) mass is 428 g/mol. The van der Waals surface area contributed by atoms with Crippen molar-refractivity contribution in [1.82, 2.24) is 0 Å². The number of phenolic OH excluding ortho intramolecular Hbond substituents is 2. The maximum absolute atomic E-state index is 13.5. The number of phenols is 2. The minimum Gasteiger partial charge on any atom is -0.507 e. The van der Waals surface area contributed by atoms with Crippen molar-refractivity contribution in [2.45, 2.75) is 68.2 Å². The molecule has 0 spiro atoms. The van der Waals surface area contributed by atoms with Crippen molar-refractivity contribution >= 4 is 17.3 Å². The van der Waals surface area contributed by atoms with Gasteiger partial charge in [0.25, 0.3) is 0 Å². The van der Waals surface area contributed by atoms with Gasteiger partial charge in [-0.25, -0.2) is 0 Å². The van der Waals surface area contributed by atoms with E-state index in [4.69, 9.17) is 4.74 Å². The van der Waals surface area contributed by atoms with E-state index in [1.807, 2.05) is 13.8 Å². The van der Waals surface area contributed by atoms with Crippen molar-refractivity contribution < 1.29 is 29.3 Å². The fourth-order valence-corrected chi connectivity index (χ4v) is 4.91. The number of benzene rings is 1. The summed E-state index contributed by atoms with van der Waals surface area (Å²) >= 11 is 0. The molecule has 0 fully saturated rings. The topological polar surface area (TPSA) is 101 Å². The molecule has 0 amide bonds.